The molecule has 0 spiro atoms. The molecule has 4 atom stereocenters. The van der Waals surface area contributed by atoms with Crippen LogP contribution in [0.4, 0.5) is 0 Å². The van der Waals surface area contributed by atoms with E-state index >= 15 is 0 Å². The normalized spacial score (nSPS) is 28.0. The maximum absolute atomic E-state index is 12.9. The van der Waals surface area contributed by atoms with Crippen LogP contribution < -0.4 is 0 Å². The maximum atomic E-state index is 12.9. The first kappa shape index (κ1) is 15.8. The monoisotopic (exact) mass is 332 g/mol. The predicted molar refractivity (Wildman–Crippen MR) is 94.7 cm³/mol. The molecule has 0 saturated heterocycles. The van der Waals surface area contributed by atoms with Crippen molar-refractivity contribution in [1.29, 1.82) is 0 Å². The molecule has 0 bridgehead atoms. The number of benzene rings is 2. The van der Waals surface area contributed by atoms with Crippen molar-refractivity contribution in [3.63, 3.8) is 0 Å². The van der Waals surface area contributed by atoms with Crippen molar-refractivity contribution in [2.45, 2.75) is 19.4 Å². The van der Waals surface area contributed by atoms with E-state index in [-0.39, 0.29) is 41.0 Å². The fourth-order valence-corrected chi connectivity index (χ4v) is 4.21. The Kier molecular flexibility index (Phi) is 4.00. The van der Waals surface area contributed by atoms with Crippen molar-refractivity contribution in [2.24, 2.45) is 17.8 Å². The standard InChI is InChI=1S/C22H20O3/c1-14-19(16-10-6-3-7-11-16)21-20(14)17(23)12-18(22(21)24)25-13-15-8-4-2-5-9-15/h2-12,14,19-21H,13H2,1H3/t14-,19+,20+,21+/m1/s1. The van der Waals surface area contributed by atoms with E-state index in [9.17, 15) is 9.59 Å². The van der Waals surface area contributed by atoms with Gasteiger partial charge in [-0.2, -0.15) is 0 Å². The van der Waals surface area contributed by atoms with Gasteiger partial charge in [0.1, 0.15) is 6.61 Å². The summed E-state index contributed by atoms with van der Waals surface area (Å²) in [5.74, 6) is -0.0346. The molecule has 2 aliphatic carbocycles. The zero-order chi connectivity index (χ0) is 17.4. The summed E-state index contributed by atoms with van der Waals surface area (Å²) in [5, 5.41) is 0. The molecule has 1 fully saturated rings. The number of hydrogen-bond acceptors (Lipinski definition) is 3. The first-order chi connectivity index (χ1) is 12.2. The Bertz CT molecular complexity index is 823. The molecular formula is C22H20O3. The van der Waals surface area contributed by atoms with Crippen molar-refractivity contribution < 1.29 is 14.3 Å². The van der Waals surface area contributed by atoms with Crippen LogP contribution in [0.5, 0.6) is 0 Å². The number of ketones is 2. The number of fused-ring (bicyclic) bond motifs is 1. The highest BCUT2D eigenvalue weighted by atomic mass is 16.5. The molecule has 0 aromatic heterocycles. The lowest BCUT2D eigenvalue weighted by Gasteiger charge is -2.50. The molecule has 2 aromatic rings. The second-order valence-electron chi connectivity index (χ2n) is 6.90. The van der Waals surface area contributed by atoms with Gasteiger partial charge in [0.2, 0.25) is 5.78 Å². The van der Waals surface area contributed by atoms with Gasteiger partial charge < -0.3 is 4.74 Å². The molecule has 3 nitrogen and oxygen atoms in total. The van der Waals surface area contributed by atoms with Crippen LogP contribution in [0.3, 0.4) is 0 Å². The molecule has 0 heterocycles. The Morgan fingerprint density at radius 2 is 1.48 bits per heavy atom. The number of ether oxygens (including phenoxy) is 1. The van der Waals surface area contributed by atoms with Gasteiger partial charge in [0.25, 0.3) is 0 Å². The number of carbonyl (C=O) groups excluding carboxylic acids is 2. The van der Waals surface area contributed by atoms with Gasteiger partial charge in [-0.1, -0.05) is 67.6 Å². The van der Waals surface area contributed by atoms with Crippen LogP contribution in [0.15, 0.2) is 72.5 Å². The Hall–Kier alpha value is -2.68. The van der Waals surface area contributed by atoms with Gasteiger partial charge in [-0.05, 0) is 23.0 Å². The van der Waals surface area contributed by atoms with Gasteiger partial charge in [-0.25, -0.2) is 0 Å². The van der Waals surface area contributed by atoms with E-state index in [2.05, 4.69) is 6.92 Å². The smallest absolute Gasteiger partial charge is 0.201 e. The summed E-state index contributed by atoms with van der Waals surface area (Å²) in [5.41, 5.74) is 2.11. The van der Waals surface area contributed by atoms with E-state index in [1.54, 1.807) is 0 Å². The van der Waals surface area contributed by atoms with Gasteiger partial charge >= 0.3 is 0 Å². The second-order valence-corrected chi connectivity index (χ2v) is 6.90. The molecule has 3 heteroatoms. The van der Waals surface area contributed by atoms with Gasteiger partial charge in [-0.3, -0.25) is 9.59 Å². The average Bonchev–Trinajstić information content (AvgIpc) is 2.63. The minimum absolute atomic E-state index is 0.0207. The minimum atomic E-state index is -0.291. The molecule has 0 N–H and O–H groups in total. The van der Waals surface area contributed by atoms with Crippen molar-refractivity contribution in [3.8, 4) is 0 Å². The summed E-state index contributed by atoms with van der Waals surface area (Å²) in [4.78, 5) is 25.4. The average molecular weight is 332 g/mol. The van der Waals surface area contributed by atoms with E-state index in [0.717, 1.165) is 11.1 Å². The van der Waals surface area contributed by atoms with Crippen LogP contribution in [0, 0.1) is 17.8 Å². The molecule has 1 saturated carbocycles. The quantitative estimate of drug-likeness (QED) is 0.853. The molecule has 0 aliphatic heterocycles. The Morgan fingerprint density at radius 3 is 2.16 bits per heavy atom. The number of Topliss-reactive ketones (excluding diaryl/α,β-unsaturated/α-hetero) is 1. The minimum Gasteiger partial charge on any atom is -0.485 e. The fraction of sp³-hybridized carbons (Fsp3) is 0.273. The summed E-state index contributed by atoms with van der Waals surface area (Å²) in [6, 6.07) is 19.7. The SMILES string of the molecule is C[C@H]1[C@H]2C(=O)C=C(OCc3ccccc3)C(=O)[C@H]2[C@@H]1c1ccccc1. The highest BCUT2D eigenvalue weighted by Crippen LogP contribution is 2.55. The molecule has 2 aliphatic rings. The molecule has 0 radical (unpaired) electrons. The first-order valence-electron chi connectivity index (χ1n) is 8.68. The van der Waals surface area contributed by atoms with Gasteiger partial charge in [-0.15, -0.1) is 0 Å². The Balaban J connectivity index is 1.56. The van der Waals surface area contributed by atoms with Crippen molar-refractivity contribution in [1.82, 2.24) is 0 Å². The number of rotatable bonds is 4. The zero-order valence-electron chi connectivity index (χ0n) is 14.1. The molecule has 4 rings (SSSR count). The van der Waals surface area contributed by atoms with Crippen LogP contribution in [-0.2, 0) is 20.9 Å². The van der Waals surface area contributed by atoms with Crippen molar-refractivity contribution in [3.05, 3.63) is 83.6 Å². The lowest BCUT2D eigenvalue weighted by Crippen LogP contribution is -2.53. The molecule has 0 unspecified atom stereocenters. The third kappa shape index (κ3) is 2.70. The highest BCUT2D eigenvalue weighted by molar-refractivity contribution is 6.11. The summed E-state index contributed by atoms with van der Waals surface area (Å²) < 4.78 is 5.71. The molecule has 126 valence electrons. The van der Waals surface area contributed by atoms with E-state index < -0.39 is 0 Å². The first-order valence-corrected chi connectivity index (χ1v) is 8.68. The highest BCUT2D eigenvalue weighted by Gasteiger charge is 2.57. The molecule has 0 amide bonds. The largest absolute Gasteiger partial charge is 0.485 e. The van der Waals surface area contributed by atoms with Crippen molar-refractivity contribution in [2.75, 3.05) is 0 Å². The van der Waals surface area contributed by atoms with Crippen molar-refractivity contribution >= 4 is 11.6 Å². The van der Waals surface area contributed by atoms with Gasteiger partial charge in [0.15, 0.2) is 11.5 Å². The molecule has 2 aromatic carbocycles. The van der Waals surface area contributed by atoms with Crippen LogP contribution in [0.1, 0.15) is 24.0 Å². The van der Waals surface area contributed by atoms with E-state index in [1.165, 1.54) is 6.08 Å². The van der Waals surface area contributed by atoms with Gasteiger partial charge in [0, 0.05) is 17.9 Å². The van der Waals surface area contributed by atoms with Crippen LogP contribution in [0.25, 0.3) is 0 Å². The predicted octanol–water partition coefficient (Wildman–Crippen LogP) is 3.90. The summed E-state index contributed by atoms with van der Waals surface area (Å²) >= 11 is 0. The van der Waals surface area contributed by atoms with E-state index in [1.807, 2.05) is 60.7 Å². The number of carbonyl (C=O) groups is 2. The lowest BCUT2D eigenvalue weighted by atomic mass is 9.51. The van der Waals surface area contributed by atoms with E-state index in [4.69, 9.17) is 4.74 Å². The number of allylic oxidation sites excluding steroid dienone is 2. The topological polar surface area (TPSA) is 43.4 Å². The zero-order valence-corrected chi connectivity index (χ0v) is 14.1. The Morgan fingerprint density at radius 1 is 0.840 bits per heavy atom. The van der Waals surface area contributed by atoms with Crippen LogP contribution in [0.2, 0.25) is 0 Å². The summed E-state index contributed by atoms with van der Waals surface area (Å²) in [6.45, 7) is 2.36. The van der Waals surface area contributed by atoms with E-state index in [0.29, 0.717) is 6.61 Å². The maximum Gasteiger partial charge on any atom is 0.201 e. The third-order valence-electron chi connectivity index (χ3n) is 5.48. The second kappa shape index (κ2) is 6.32. The number of hydrogen-bond donors (Lipinski definition) is 0. The summed E-state index contributed by atoms with van der Waals surface area (Å²) in [7, 11) is 0. The third-order valence-corrected chi connectivity index (χ3v) is 5.48. The van der Waals surface area contributed by atoms with Crippen LogP contribution in [-0.4, -0.2) is 11.6 Å². The summed E-state index contributed by atoms with van der Waals surface area (Å²) in [6.07, 6.45) is 1.41. The molecular weight excluding hydrogens is 312 g/mol. The fourth-order valence-electron chi connectivity index (χ4n) is 4.21. The van der Waals surface area contributed by atoms with Crippen LogP contribution >= 0.6 is 0 Å². The van der Waals surface area contributed by atoms with Gasteiger partial charge in [0.05, 0.1) is 0 Å². The lowest BCUT2D eigenvalue weighted by molar-refractivity contribution is -0.145. The Labute approximate surface area is 147 Å². The molecule has 25 heavy (non-hydrogen) atoms.